The van der Waals surface area contributed by atoms with Crippen LogP contribution in [0.2, 0.25) is 0 Å². The number of hydrogen-bond donors (Lipinski definition) is 9. The lowest BCUT2D eigenvalue weighted by Crippen LogP contribution is -2.69. The molecule has 1 aromatic carbocycles. The average molecular weight is 620 g/mol. The highest BCUT2D eigenvalue weighted by Crippen LogP contribution is 2.34. The van der Waals surface area contributed by atoms with Gasteiger partial charge in [-0.2, -0.15) is 0 Å². The van der Waals surface area contributed by atoms with E-state index < -0.39 is 111 Å². The average Bonchev–Trinajstić information content (AvgIpc) is 2.99. The molecular weight excluding hydrogens is 578 g/mol. The minimum atomic E-state index is -1.84. The Labute approximate surface area is 247 Å². The van der Waals surface area contributed by atoms with Gasteiger partial charge in [0.25, 0.3) is 0 Å². The Hall–Kier alpha value is -1.87. The third kappa shape index (κ3) is 7.69. The van der Waals surface area contributed by atoms with Crippen LogP contribution in [0.5, 0.6) is 0 Å². The maximum absolute atomic E-state index is 12.4. The van der Waals surface area contributed by atoms with Crippen LogP contribution < -0.4 is 5.32 Å². The van der Waals surface area contributed by atoms with Crippen molar-refractivity contribution in [3.05, 3.63) is 35.9 Å². The summed E-state index contributed by atoms with van der Waals surface area (Å²) >= 11 is 0. The van der Waals surface area contributed by atoms with Crippen LogP contribution in [-0.2, 0) is 39.8 Å². The number of benzene rings is 1. The highest BCUT2D eigenvalue weighted by molar-refractivity contribution is 5.73. The fraction of sp³-hybridized carbons (Fsp3) is 0.741. The van der Waals surface area contributed by atoms with Crippen LogP contribution in [0.15, 0.2) is 30.3 Å². The quantitative estimate of drug-likeness (QED) is 0.121. The van der Waals surface area contributed by atoms with E-state index in [1.807, 2.05) is 6.07 Å². The number of rotatable bonds is 10. The zero-order valence-electron chi connectivity index (χ0n) is 23.6. The first-order valence-corrected chi connectivity index (χ1v) is 14.0. The molecule has 16 heteroatoms. The van der Waals surface area contributed by atoms with Crippen LogP contribution in [0.1, 0.15) is 19.4 Å². The fourth-order valence-electron chi connectivity index (χ4n) is 5.28. The molecule has 16 nitrogen and oxygen atoms in total. The van der Waals surface area contributed by atoms with Crippen molar-refractivity contribution in [3.8, 4) is 0 Å². The van der Waals surface area contributed by atoms with E-state index >= 15 is 0 Å². The van der Waals surface area contributed by atoms with E-state index in [1.54, 1.807) is 24.3 Å². The lowest BCUT2D eigenvalue weighted by atomic mass is 9.94. The molecule has 0 bridgehead atoms. The van der Waals surface area contributed by atoms with Crippen LogP contribution in [0.25, 0.3) is 0 Å². The SMILES string of the molecule is CC(=O)N[C@H]1[C@H](OCc2ccccc2)O[C@H](CO)[C@@H](O[C@@H]2O[C@H](CO)[C@H](O)[C@H](O)[C@H]2O)[C@@H]1O[C@@H]1O[C@@H](C)[C@@H](O)[C@@H](O)[C@@H]1O. The van der Waals surface area contributed by atoms with Crippen LogP contribution in [-0.4, -0.2) is 152 Å². The maximum Gasteiger partial charge on any atom is 0.217 e. The number of aliphatic hydroxyl groups is 8. The zero-order valence-corrected chi connectivity index (χ0v) is 23.6. The van der Waals surface area contributed by atoms with E-state index in [2.05, 4.69) is 5.32 Å². The van der Waals surface area contributed by atoms with Gasteiger partial charge in [0, 0.05) is 6.92 Å². The third-order valence-electron chi connectivity index (χ3n) is 7.69. The second-order valence-corrected chi connectivity index (χ2v) is 10.8. The number of ether oxygens (including phenoxy) is 6. The molecule has 0 spiro atoms. The summed E-state index contributed by atoms with van der Waals surface area (Å²) in [5.41, 5.74) is 0.752. The molecule has 3 heterocycles. The molecule has 0 saturated carbocycles. The van der Waals surface area contributed by atoms with Crippen LogP contribution in [0, 0.1) is 0 Å². The molecule has 15 atom stereocenters. The van der Waals surface area contributed by atoms with Crippen LogP contribution in [0.4, 0.5) is 0 Å². The normalized spacial score (nSPS) is 43.7. The van der Waals surface area contributed by atoms with Gasteiger partial charge in [-0.3, -0.25) is 4.79 Å². The topological polar surface area (TPSA) is 246 Å². The highest BCUT2D eigenvalue weighted by atomic mass is 16.8. The first kappa shape index (κ1) is 34.0. The van der Waals surface area contributed by atoms with Gasteiger partial charge >= 0.3 is 0 Å². The smallest absolute Gasteiger partial charge is 0.217 e. The Balaban J connectivity index is 1.68. The van der Waals surface area contributed by atoms with Crippen molar-refractivity contribution >= 4 is 5.91 Å². The van der Waals surface area contributed by atoms with Crippen LogP contribution in [0.3, 0.4) is 0 Å². The van der Waals surface area contributed by atoms with Crippen molar-refractivity contribution in [3.63, 3.8) is 0 Å². The maximum atomic E-state index is 12.4. The van der Waals surface area contributed by atoms with Crippen molar-refractivity contribution in [1.29, 1.82) is 0 Å². The molecule has 244 valence electrons. The molecule has 3 fully saturated rings. The van der Waals surface area contributed by atoms with Gasteiger partial charge in [0.1, 0.15) is 67.1 Å². The molecule has 1 aromatic rings. The summed E-state index contributed by atoms with van der Waals surface area (Å²) in [5.74, 6) is -0.557. The van der Waals surface area contributed by atoms with Crippen LogP contribution >= 0.6 is 0 Å². The predicted molar refractivity (Wildman–Crippen MR) is 140 cm³/mol. The summed E-state index contributed by atoms with van der Waals surface area (Å²) in [6, 6.07) is 7.75. The molecule has 4 rings (SSSR count). The molecule has 0 unspecified atom stereocenters. The zero-order chi connectivity index (χ0) is 31.4. The van der Waals surface area contributed by atoms with Crippen molar-refractivity contribution in [1.82, 2.24) is 5.32 Å². The minimum Gasteiger partial charge on any atom is -0.394 e. The summed E-state index contributed by atoms with van der Waals surface area (Å²) in [6.45, 7) is 1.21. The Morgan fingerprint density at radius 3 is 1.91 bits per heavy atom. The molecule has 43 heavy (non-hydrogen) atoms. The lowest BCUT2D eigenvalue weighted by molar-refractivity contribution is -0.374. The number of nitrogens with one attached hydrogen (secondary N) is 1. The van der Waals surface area contributed by atoms with Gasteiger partial charge in [-0.1, -0.05) is 30.3 Å². The third-order valence-corrected chi connectivity index (χ3v) is 7.69. The largest absolute Gasteiger partial charge is 0.394 e. The van der Waals surface area contributed by atoms with Gasteiger partial charge in [-0.05, 0) is 12.5 Å². The Bertz CT molecular complexity index is 1020. The van der Waals surface area contributed by atoms with E-state index in [1.165, 1.54) is 13.8 Å². The van der Waals surface area contributed by atoms with E-state index in [4.69, 9.17) is 28.4 Å². The highest BCUT2D eigenvalue weighted by Gasteiger charge is 2.54. The minimum absolute atomic E-state index is 0.00912. The van der Waals surface area contributed by atoms with E-state index in [-0.39, 0.29) is 6.61 Å². The molecule has 9 N–H and O–H groups in total. The van der Waals surface area contributed by atoms with Gasteiger partial charge in [0.15, 0.2) is 18.9 Å². The second-order valence-electron chi connectivity index (χ2n) is 10.8. The molecule has 3 saturated heterocycles. The monoisotopic (exact) mass is 619 g/mol. The van der Waals surface area contributed by atoms with E-state index in [9.17, 15) is 45.6 Å². The molecule has 0 aromatic heterocycles. The van der Waals surface area contributed by atoms with Gasteiger partial charge in [-0.25, -0.2) is 0 Å². The fourth-order valence-corrected chi connectivity index (χ4v) is 5.28. The summed E-state index contributed by atoms with van der Waals surface area (Å²) in [7, 11) is 0. The van der Waals surface area contributed by atoms with Gasteiger partial charge in [0.2, 0.25) is 5.91 Å². The second kappa shape index (κ2) is 14.9. The molecular formula is C27H41NO15. The first-order chi connectivity index (χ1) is 20.5. The van der Waals surface area contributed by atoms with E-state index in [0.29, 0.717) is 0 Å². The Morgan fingerprint density at radius 2 is 1.30 bits per heavy atom. The predicted octanol–water partition coefficient (Wildman–Crippen LogP) is -4.18. The number of amides is 1. The summed E-state index contributed by atoms with van der Waals surface area (Å²) in [5, 5.41) is 84.9. The number of carbonyl (C=O) groups is 1. The lowest BCUT2D eigenvalue weighted by Gasteiger charge is -2.50. The molecule has 0 radical (unpaired) electrons. The summed E-state index contributed by atoms with van der Waals surface area (Å²) < 4.78 is 35.1. The summed E-state index contributed by atoms with van der Waals surface area (Å²) in [4.78, 5) is 12.4. The molecule has 0 aliphatic carbocycles. The van der Waals surface area contributed by atoms with Crippen molar-refractivity contribution < 1.29 is 74.1 Å². The Morgan fingerprint density at radius 1 is 0.744 bits per heavy atom. The van der Waals surface area contributed by atoms with Crippen molar-refractivity contribution in [2.75, 3.05) is 13.2 Å². The molecule has 3 aliphatic rings. The van der Waals surface area contributed by atoms with Crippen molar-refractivity contribution in [2.24, 2.45) is 0 Å². The van der Waals surface area contributed by atoms with Gasteiger partial charge in [-0.15, -0.1) is 0 Å². The standard InChI is InChI=1S/C27H41NO15/c1-11-17(32)19(34)21(36)26(39-11)43-24-16(28-12(2)31)25(38-10-13-6-4-3-5-7-13)41-15(9-30)23(24)42-27-22(37)20(35)18(33)14(8-29)40-27/h3-7,11,14-27,29-30,32-37H,8-10H2,1-2H3,(H,28,31)/t11-,14+,15+,16+,17+,18-,19+,20-,21-,22+,23+,24+,25+,26-,27-/m0/s1. The molecule has 3 aliphatic heterocycles. The number of carbonyl (C=O) groups excluding carboxylic acids is 1. The first-order valence-electron chi connectivity index (χ1n) is 14.0. The Kier molecular flexibility index (Phi) is 11.8. The number of hydrogen-bond acceptors (Lipinski definition) is 15. The van der Waals surface area contributed by atoms with Gasteiger partial charge in [0.05, 0.1) is 25.9 Å². The number of aliphatic hydroxyl groups excluding tert-OH is 8. The van der Waals surface area contributed by atoms with Gasteiger partial charge < -0.3 is 74.6 Å². The summed E-state index contributed by atoms with van der Waals surface area (Å²) in [6.07, 6.45) is -21.2. The van der Waals surface area contributed by atoms with Crippen molar-refractivity contribution in [2.45, 2.75) is 113 Å². The molecule has 1 amide bonds. The van der Waals surface area contributed by atoms with E-state index in [0.717, 1.165) is 5.56 Å².